The number of hydrogen-bond donors (Lipinski definition) is 0. The molecule has 82 valence electrons. The molecule has 0 saturated carbocycles. The predicted molar refractivity (Wildman–Crippen MR) is 57.2 cm³/mol. The van der Waals surface area contributed by atoms with Crippen LogP contribution in [0.3, 0.4) is 0 Å². The first-order valence-corrected chi connectivity index (χ1v) is 5.49. The Balaban J connectivity index is 1.90. The molecule has 4 nitrogen and oxygen atoms in total. The minimum absolute atomic E-state index is 0.208. The summed E-state index contributed by atoms with van der Waals surface area (Å²) in [5, 5.41) is 0. The molecule has 1 aromatic rings. The normalized spacial score (nSPS) is 21.7. The molecule has 0 radical (unpaired) electrons. The molecular formula is C11H17N3O. The van der Waals surface area contributed by atoms with Crippen molar-refractivity contribution in [3.05, 3.63) is 18.7 Å². The van der Waals surface area contributed by atoms with E-state index >= 15 is 0 Å². The van der Waals surface area contributed by atoms with Crippen molar-refractivity contribution >= 4 is 5.91 Å². The lowest BCUT2D eigenvalue weighted by Crippen LogP contribution is -2.40. The zero-order valence-electron chi connectivity index (χ0n) is 9.09. The first kappa shape index (κ1) is 10.2. The van der Waals surface area contributed by atoms with Crippen molar-refractivity contribution in [2.24, 2.45) is 5.92 Å². The number of nitrogens with zero attached hydrogens (tertiary/aromatic N) is 3. The highest BCUT2D eigenvalue weighted by Crippen LogP contribution is 2.15. The summed E-state index contributed by atoms with van der Waals surface area (Å²) in [6.45, 7) is 4.45. The fourth-order valence-corrected chi connectivity index (χ4v) is 2.05. The Hall–Kier alpha value is -1.32. The Morgan fingerprint density at radius 2 is 2.47 bits per heavy atom. The van der Waals surface area contributed by atoms with Gasteiger partial charge in [0.25, 0.3) is 0 Å². The maximum Gasteiger partial charge on any atom is 0.242 e. The molecule has 0 unspecified atom stereocenters. The predicted octanol–water partition coefficient (Wildman–Crippen LogP) is 1.14. The van der Waals surface area contributed by atoms with Crippen molar-refractivity contribution in [3.8, 4) is 0 Å². The molecule has 2 rings (SSSR count). The molecule has 0 aromatic carbocycles. The summed E-state index contributed by atoms with van der Waals surface area (Å²) in [7, 11) is 0. The number of rotatable bonds is 2. The molecule has 1 aliphatic rings. The second kappa shape index (κ2) is 4.47. The molecule has 4 heteroatoms. The highest BCUT2D eigenvalue weighted by molar-refractivity contribution is 5.76. The van der Waals surface area contributed by atoms with E-state index in [-0.39, 0.29) is 5.91 Å². The van der Waals surface area contributed by atoms with E-state index in [2.05, 4.69) is 11.9 Å². The van der Waals surface area contributed by atoms with Gasteiger partial charge in [0.1, 0.15) is 6.54 Å². The third kappa shape index (κ3) is 2.58. The average molecular weight is 207 g/mol. The van der Waals surface area contributed by atoms with Crippen molar-refractivity contribution < 1.29 is 4.79 Å². The minimum atomic E-state index is 0.208. The zero-order valence-corrected chi connectivity index (χ0v) is 9.09. The van der Waals surface area contributed by atoms with Gasteiger partial charge in [-0.05, 0) is 18.8 Å². The lowest BCUT2D eigenvalue weighted by atomic mass is 10.0. The van der Waals surface area contributed by atoms with Gasteiger partial charge in [0.05, 0.1) is 6.33 Å². The maximum atomic E-state index is 11.9. The molecule has 1 amide bonds. The number of likely N-dealkylation sites (tertiary alicyclic amines) is 1. The lowest BCUT2D eigenvalue weighted by molar-refractivity contribution is -0.133. The van der Waals surface area contributed by atoms with Crippen LogP contribution in [0, 0.1) is 5.92 Å². The molecule has 1 aliphatic heterocycles. The molecule has 0 bridgehead atoms. The van der Waals surface area contributed by atoms with Crippen molar-refractivity contribution in [2.45, 2.75) is 26.3 Å². The molecule has 15 heavy (non-hydrogen) atoms. The van der Waals surface area contributed by atoms with Gasteiger partial charge in [-0.1, -0.05) is 6.92 Å². The first-order chi connectivity index (χ1) is 7.25. The fraction of sp³-hybridized carbons (Fsp3) is 0.636. The standard InChI is InChI=1S/C11H17N3O/c1-10-3-2-5-14(7-10)11(15)8-13-6-4-12-9-13/h4,6,9-10H,2-3,5,7-8H2,1H3/t10-/m1/s1. The third-order valence-electron chi connectivity index (χ3n) is 2.89. The van der Waals surface area contributed by atoms with Crippen LogP contribution in [0.15, 0.2) is 18.7 Å². The average Bonchev–Trinajstić information content (AvgIpc) is 2.70. The molecule has 1 atom stereocenters. The van der Waals surface area contributed by atoms with Crippen LogP contribution in [-0.2, 0) is 11.3 Å². The quantitative estimate of drug-likeness (QED) is 0.729. The summed E-state index contributed by atoms with van der Waals surface area (Å²) in [5.41, 5.74) is 0. The second-order valence-corrected chi connectivity index (χ2v) is 4.32. The molecule has 2 heterocycles. The van der Waals surface area contributed by atoms with Gasteiger partial charge in [0.2, 0.25) is 5.91 Å². The number of imidazole rings is 1. The van der Waals surface area contributed by atoms with Crippen molar-refractivity contribution in [1.82, 2.24) is 14.5 Å². The Morgan fingerprint density at radius 1 is 1.60 bits per heavy atom. The Labute approximate surface area is 89.9 Å². The number of carbonyl (C=O) groups is 1. The summed E-state index contributed by atoms with van der Waals surface area (Å²) in [6, 6.07) is 0. The molecule has 1 aromatic heterocycles. The first-order valence-electron chi connectivity index (χ1n) is 5.49. The Bertz CT molecular complexity index is 321. The van der Waals surface area contributed by atoms with Crippen molar-refractivity contribution in [1.29, 1.82) is 0 Å². The van der Waals surface area contributed by atoms with Crippen LogP contribution in [0.4, 0.5) is 0 Å². The summed E-state index contributed by atoms with van der Waals surface area (Å²) in [5.74, 6) is 0.852. The Kier molecular flexibility index (Phi) is 3.04. The molecule has 1 fully saturated rings. The zero-order chi connectivity index (χ0) is 10.7. The van der Waals surface area contributed by atoms with Gasteiger partial charge in [-0.15, -0.1) is 0 Å². The summed E-state index contributed by atoms with van der Waals surface area (Å²) < 4.78 is 1.82. The monoisotopic (exact) mass is 207 g/mol. The van der Waals surface area contributed by atoms with Crippen molar-refractivity contribution in [3.63, 3.8) is 0 Å². The van der Waals surface area contributed by atoms with Gasteiger partial charge in [-0.2, -0.15) is 0 Å². The van der Waals surface area contributed by atoms with E-state index in [1.165, 1.54) is 6.42 Å². The maximum absolute atomic E-state index is 11.9. The van der Waals surface area contributed by atoms with Crippen LogP contribution in [0.2, 0.25) is 0 Å². The van der Waals surface area contributed by atoms with Crippen molar-refractivity contribution in [2.75, 3.05) is 13.1 Å². The second-order valence-electron chi connectivity index (χ2n) is 4.32. The summed E-state index contributed by atoms with van der Waals surface area (Å²) in [6.07, 6.45) is 7.59. The lowest BCUT2D eigenvalue weighted by Gasteiger charge is -2.31. The van der Waals surface area contributed by atoms with Gasteiger partial charge >= 0.3 is 0 Å². The summed E-state index contributed by atoms with van der Waals surface area (Å²) in [4.78, 5) is 17.8. The van der Waals surface area contributed by atoms with E-state index in [0.29, 0.717) is 12.5 Å². The van der Waals surface area contributed by atoms with Crippen LogP contribution in [-0.4, -0.2) is 33.4 Å². The minimum Gasteiger partial charge on any atom is -0.341 e. The SMILES string of the molecule is C[C@@H]1CCCN(C(=O)Cn2ccnc2)C1. The molecule has 0 spiro atoms. The van der Waals surface area contributed by atoms with Gasteiger partial charge in [-0.3, -0.25) is 4.79 Å². The van der Waals surface area contributed by atoms with Crippen LogP contribution in [0.5, 0.6) is 0 Å². The van der Waals surface area contributed by atoms with Gasteiger partial charge in [0.15, 0.2) is 0 Å². The van der Waals surface area contributed by atoms with E-state index in [9.17, 15) is 4.79 Å². The number of piperidine rings is 1. The van der Waals surface area contributed by atoms with Gasteiger partial charge in [-0.25, -0.2) is 4.98 Å². The van der Waals surface area contributed by atoms with E-state index in [0.717, 1.165) is 19.5 Å². The highest BCUT2D eigenvalue weighted by Gasteiger charge is 2.20. The molecule has 0 N–H and O–H groups in total. The molecule has 0 aliphatic carbocycles. The number of amides is 1. The number of hydrogen-bond acceptors (Lipinski definition) is 2. The summed E-state index contributed by atoms with van der Waals surface area (Å²) >= 11 is 0. The smallest absolute Gasteiger partial charge is 0.242 e. The van der Waals surface area contributed by atoms with Crippen LogP contribution < -0.4 is 0 Å². The van der Waals surface area contributed by atoms with E-state index < -0.39 is 0 Å². The van der Waals surface area contributed by atoms with E-state index in [4.69, 9.17) is 0 Å². The Morgan fingerprint density at radius 3 is 3.13 bits per heavy atom. The largest absolute Gasteiger partial charge is 0.341 e. The number of aromatic nitrogens is 2. The highest BCUT2D eigenvalue weighted by atomic mass is 16.2. The van der Waals surface area contributed by atoms with E-state index in [1.807, 2.05) is 15.7 Å². The fourth-order valence-electron chi connectivity index (χ4n) is 2.05. The van der Waals surface area contributed by atoms with Gasteiger partial charge < -0.3 is 9.47 Å². The van der Waals surface area contributed by atoms with Crippen LogP contribution in [0.25, 0.3) is 0 Å². The van der Waals surface area contributed by atoms with Crippen LogP contribution in [0.1, 0.15) is 19.8 Å². The van der Waals surface area contributed by atoms with Gasteiger partial charge in [0, 0.05) is 25.5 Å². The third-order valence-corrected chi connectivity index (χ3v) is 2.89. The molecular weight excluding hydrogens is 190 g/mol. The van der Waals surface area contributed by atoms with E-state index in [1.54, 1.807) is 12.5 Å². The number of carbonyl (C=O) groups excluding carboxylic acids is 1. The molecule has 1 saturated heterocycles. The van der Waals surface area contributed by atoms with Crippen LogP contribution >= 0.6 is 0 Å². The topological polar surface area (TPSA) is 38.1 Å².